The van der Waals surface area contributed by atoms with Crippen LogP contribution in [-0.4, -0.2) is 58.4 Å². The van der Waals surface area contributed by atoms with Crippen molar-refractivity contribution in [3.63, 3.8) is 0 Å². The molecule has 1 heterocycles. The summed E-state index contributed by atoms with van der Waals surface area (Å²) in [5.41, 5.74) is 1.20. The number of hydrogen-bond acceptors (Lipinski definition) is 3. The maximum atomic E-state index is 5.33. The first-order valence-corrected chi connectivity index (χ1v) is 6.18. The molecule has 0 radical (unpaired) electrons. The van der Waals surface area contributed by atoms with Crippen LogP contribution in [0, 0.1) is 0 Å². The Labute approximate surface area is 104 Å². The van der Waals surface area contributed by atoms with Gasteiger partial charge < -0.3 is 0 Å². The van der Waals surface area contributed by atoms with Crippen molar-refractivity contribution in [3.8, 4) is 5.75 Å². The molecule has 1 fully saturated rings. The van der Waals surface area contributed by atoms with Crippen molar-refractivity contribution in [2.24, 2.45) is 0 Å². The molecule has 1 aliphatic heterocycles. The molecule has 1 aliphatic rings. The summed E-state index contributed by atoms with van der Waals surface area (Å²) in [5.74, 6) is 0.888. The Balaban J connectivity index is 2.07. The topological polar surface area (TPSA) is 21.7 Å². The molecule has 1 aromatic rings. The standard InChI is InChI=1S/C12H15NO2Se/c1-14-11-4-2-10(3-5-11)12(16)13-6-8-15-9-7-13/h2-5H,6-9H2,1H3. The summed E-state index contributed by atoms with van der Waals surface area (Å²) < 4.78 is 11.7. The number of nitrogens with zero attached hydrogens (tertiary/aromatic N) is 1. The molecule has 1 saturated heterocycles. The molecule has 0 unspecified atom stereocenters. The SMILES string of the molecule is COc1ccc(C(=[Se])N2CCOCC2)cc1. The van der Waals surface area contributed by atoms with Gasteiger partial charge in [-0.15, -0.1) is 0 Å². The van der Waals surface area contributed by atoms with Gasteiger partial charge in [0, 0.05) is 0 Å². The fourth-order valence-corrected chi connectivity index (χ4v) is 2.35. The Morgan fingerprint density at radius 2 is 1.88 bits per heavy atom. The van der Waals surface area contributed by atoms with Crippen molar-refractivity contribution in [1.82, 2.24) is 4.90 Å². The van der Waals surface area contributed by atoms with Gasteiger partial charge >= 0.3 is 103 Å². The van der Waals surface area contributed by atoms with Crippen molar-refractivity contribution in [2.45, 2.75) is 0 Å². The first-order valence-electron chi connectivity index (χ1n) is 5.32. The van der Waals surface area contributed by atoms with Crippen molar-refractivity contribution < 1.29 is 9.47 Å². The van der Waals surface area contributed by atoms with Gasteiger partial charge in [0.15, 0.2) is 0 Å². The predicted octanol–water partition coefficient (Wildman–Crippen LogP) is 0.674. The van der Waals surface area contributed by atoms with Crippen LogP contribution in [0.3, 0.4) is 0 Å². The molecule has 0 amide bonds. The quantitative estimate of drug-likeness (QED) is 0.762. The van der Waals surface area contributed by atoms with E-state index < -0.39 is 0 Å². The first kappa shape index (κ1) is 11.6. The summed E-state index contributed by atoms with van der Waals surface area (Å²) in [4.78, 5) is 2.31. The molecule has 0 spiro atoms. The van der Waals surface area contributed by atoms with Crippen LogP contribution < -0.4 is 4.74 Å². The molecule has 3 nitrogen and oxygen atoms in total. The summed E-state index contributed by atoms with van der Waals surface area (Å²) in [5, 5.41) is 0. The summed E-state index contributed by atoms with van der Waals surface area (Å²) in [6, 6.07) is 8.10. The third kappa shape index (κ3) is 2.64. The Morgan fingerprint density at radius 1 is 1.25 bits per heavy atom. The van der Waals surface area contributed by atoms with Crippen molar-refractivity contribution in [3.05, 3.63) is 29.8 Å². The minimum atomic E-state index is 0.807. The summed E-state index contributed by atoms with van der Waals surface area (Å²) >= 11 is 3.15. The molecule has 0 aromatic heterocycles. The van der Waals surface area contributed by atoms with Crippen LogP contribution in [-0.2, 0) is 4.74 Å². The van der Waals surface area contributed by atoms with Crippen LogP contribution in [0.25, 0.3) is 0 Å². The average molecular weight is 284 g/mol. The molecule has 0 bridgehead atoms. The van der Waals surface area contributed by atoms with Crippen LogP contribution in [0.1, 0.15) is 5.56 Å². The van der Waals surface area contributed by atoms with Crippen molar-refractivity contribution >= 4 is 20.1 Å². The first-order chi connectivity index (χ1) is 7.81. The molecule has 0 aliphatic carbocycles. The molecule has 1 aromatic carbocycles. The van der Waals surface area contributed by atoms with Gasteiger partial charge in [-0.2, -0.15) is 0 Å². The Bertz CT molecular complexity index is 358. The van der Waals surface area contributed by atoms with Gasteiger partial charge in [-0.25, -0.2) is 0 Å². The molecule has 16 heavy (non-hydrogen) atoms. The van der Waals surface area contributed by atoms with Crippen LogP contribution >= 0.6 is 0 Å². The van der Waals surface area contributed by atoms with Gasteiger partial charge in [0.2, 0.25) is 0 Å². The zero-order valence-electron chi connectivity index (χ0n) is 9.31. The van der Waals surface area contributed by atoms with E-state index in [1.54, 1.807) is 7.11 Å². The zero-order chi connectivity index (χ0) is 11.4. The van der Waals surface area contributed by atoms with E-state index in [4.69, 9.17) is 9.47 Å². The number of rotatable bonds is 3. The van der Waals surface area contributed by atoms with Gasteiger partial charge in [0.05, 0.1) is 0 Å². The van der Waals surface area contributed by atoms with Gasteiger partial charge in [-0.3, -0.25) is 0 Å². The third-order valence-corrected chi connectivity index (χ3v) is 3.67. The van der Waals surface area contributed by atoms with Crippen LogP contribution in [0.2, 0.25) is 0 Å². The summed E-state index contributed by atoms with van der Waals surface area (Å²) in [6.07, 6.45) is 0. The number of ether oxygens (including phenoxy) is 2. The fraction of sp³-hybridized carbons (Fsp3) is 0.417. The molecular weight excluding hydrogens is 269 g/mol. The van der Waals surface area contributed by atoms with E-state index in [9.17, 15) is 0 Å². The molecule has 4 heteroatoms. The van der Waals surface area contributed by atoms with Crippen molar-refractivity contribution in [1.29, 1.82) is 0 Å². The van der Waals surface area contributed by atoms with E-state index in [0.717, 1.165) is 32.1 Å². The van der Waals surface area contributed by atoms with Gasteiger partial charge in [-0.05, 0) is 0 Å². The Kier molecular flexibility index (Phi) is 3.99. The van der Waals surface area contributed by atoms with Gasteiger partial charge in [0.1, 0.15) is 0 Å². The summed E-state index contributed by atoms with van der Waals surface area (Å²) in [7, 11) is 1.68. The van der Waals surface area contributed by atoms with Crippen LogP contribution in [0.15, 0.2) is 24.3 Å². The Hall–Kier alpha value is -0.831. The van der Waals surface area contributed by atoms with E-state index in [0.29, 0.717) is 0 Å². The number of methoxy groups -OCH3 is 1. The number of hydrogen-bond donors (Lipinski definition) is 0. The normalized spacial score (nSPS) is 15.9. The number of benzene rings is 1. The molecule has 0 saturated carbocycles. The van der Waals surface area contributed by atoms with E-state index in [1.807, 2.05) is 12.1 Å². The van der Waals surface area contributed by atoms with E-state index in [2.05, 4.69) is 32.6 Å². The summed E-state index contributed by atoms with van der Waals surface area (Å²) in [6.45, 7) is 3.52. The molecular formula is C12H15NO2Se. The Morgan fingerprint density at radius 3 is 2.44 bits per heavy atom. The van der Waals surface area contributed by atoms with Gasteiger partial charge in [0.25, 0.3) is 0 Å². The third-order valence-electron chi connectivity index (χ3n) is 2.64. The number of morpholine rings is 1. The van der Waals surface area contributed by atoms with E-state index >= 15 is 0 Å². The molecule has 0 N–H and O–H groups in total. The molecule has 2 rings (SSSR count). The second kappa shape index (κ2) is 5.48. The monoisotopic (exact) mass is 285 g/mol. The van der Waals surface area contributed by atoms with Crippen LogP contribution in [0.4, 0.5) is 0 Å². The second-order valence-corrected chi connectivity index (χ2v) is 4.44. The van der Waals surface area contributed by atoms with Gasteiger partial charge in [-0.1, -0.05) is 0 Å². The van der Waals surface area contributed by atoms with Crippen LogP contribution in [0.5, 0.6) is 5.75 Å². The minimum absolute atomic E-state index is 0.807. The maximum absolute atomic E-state index is 5.33. The molecule has 86 valence electrons. The second-order valence-electron chi connectivity index (χ2n) is 3.63. The fourth-order valence-electron chi connectivity index (χ4n) is 1.68. The zero-order valence-corrected chi connectivity index (χ0v) is 11.0. The van der Waals surface area contributed by atoms with E-state index in [-0.39, 0.29) is 0 Å². The predicted molar refractivity (Wildman–Crippen MR) is 65.2 cm³/mol. The van der Waals surface area contributed by atoms with E-state index in [1.165, 1.54) is 10.1 Å². The average Bonchev–Trinajstić information content (AvgIpc) is 2.39. The van der Waals surface area contributed by atoms with Crippen molar-refractivity contribution in [2.75, 3.05) is 33.4 Å². The molecule has 0 atom stereocenters.